The predicted molar refractivity (Wildman–Crippen MR) is 132 cm³/mol. The molecule has 0 bridgehead atoms. The number of alkyl carbamates (subject to hydrolysis) is 1. The minimum absolute atomic E-state index is 0.0663. The number of ketones is 1. The van der Waals surface area contributed by atoms with Gasteiger partial charge in [-0.15, -0.1) is 0 Å². The third kappa shape index (κ3) is 10.2. The molecule has 2 unspecified atom stereocenters. The maximum Gasteiger partial charge on any atom is 0.407 e. The standard InChI is InChI=1S/C25H38F4N4O7/c1-24(2,3)18(32-23(38)39-5)21(37)33-11-9-14(40-22(26)27)12-16(33)19(35)31-15(8-10-25(4,28)29)17(34)20(36)30-13-6-7-13/h13-16,18,22H,6-12H2,1-5H3,(H,30,36)(H,31,35)(H,32,38)/t14?,15-,16?,18+/m0/s1. The number of hydrogen-bond donors (Lipinski definition) is 3. The van der Waals surface area contributed by atoms with E-state index >= 15 is 0 Å². The highest BCUT2D eigenvalue weighted by atomic mass is 19.3. The number of amides is 4. The van der Waals surface area contributed by atoms with Crippen LogP contribution < -0.4 is 16.0 Å². The number of methoxy groups -OCH3 is 1. The molecule has 15 heteroatoms. The molecule has 1 aliphatic carbocycles. The normalized spacial score (nSPS) is 21.3. The Bertz CT molecular complexity index is 950. The van der Waals surface area contributed by atoms with Crippen LogP contribution in [0.25, 0.3) is 0 Å². The maximum absolute atomic E-state index is 13.6. The van der Waals surface area contributed by atoms with Crippen molar-refractivity contribution < 1.29 is 51.0 Å². The van der Waals surface area contributed by atoms with E-state index in [2.05, 4.69) is 25.4 Å². The molecule has 1 heterocycles. The Balaban J connectivity index is 2.34. The molecule has 2 aliphatic rings. The van der Waals surface area contributed by atoms with Crippen molar-refractivity contribution in [2.45, 2.75) is 109 Å². The van der Waals surface area contributed by atoms with Gasteiger partial charge < -0.3 is 30.3 Å². The highest BCUT2D eigenvalue weighted by Crippen LogP contribution is 2.28. The number of alkyl halides is 4. The summed E-state index contributed by atoms with van der Waals surface area (Å²) in [5, 5.41) is 7.15. The average Bonchev–Trinajstić information content (AvgIpc) is 3.66. The fourth-order valence-corrected chi connectivity index (χ4v) is 4.28. The molecule has 0 aromatic rings. The van der Waals surface area contributed by atoms with Gasteiger partial charge in [-0.3, -0.25) is 19.2 Å². The number of piperidine rings is 1. The molecule has 1 aliphatic heterocycles. The van der Waals surface area contributed by atoms with Crippen molar-refractivity contribution in [3.63, 3.8) is 0 Å². The first kappa shape index (κ1) is 33.2. The monoisotopic (exact) mass is 582 g/mol. The summed E-state index contributed by atoms with van der Waals surface area (Å²) in [6, 6.07) is -4.55. The first-order valence-corrected chi connectivity index (χ1v) is 13.0. The van der Waals surface area contributed by atoms with Gasteiger partial charge in [0.2, 0.25) is 23.5 Å². The van der Waals surface area contributed by atoms with Gasteiger partial charge >= 0.3 is 12.7 Å². The van der Waals surface area contributed by atoms with Crippen LogP contribution in [0, 0.1) is 5.41 Å². The zero-order valence-corrected chi connectivity index (χ0v) is 23.2. The number of halogens is 4. The van der Waals surface area contributed by atoms with Crippen LogP contribution in [0.4, 0.5) is 22.4 Å². The Labute approximate surface area is 230 Å². The lowest BCUT2D eigenvalue weighted by atomic mass is 9.84. The second-order valence-corrected chi connectivity index (χ2v) is 11.3. The van der Waals surface area contributed by atoms with Crippen molar-refractivity contribution in [1.29, 1.82) is 0 Å². The number of likely N-dealkylation sites (tertiary alicyclic amines) is 1. The van der Waals surface area contributed by atoms with Crippen LogP contribution in [-0.4, -0.2) is 91.0 Å². The lowest BCUT2D eigenvalue weighted by molar-refractivity contribution is -0.182. The van der Waals surface area contributed by atoms with Crippen molar-refractivity contribution in [3.8, 4) is 0 Å². The van der Waals surface area contributed by atoms with Gasteiger partial charge in [0.05, 0.1) is 19.3 Å². The molecule has 2 fully saturated rings. The fraction of sp³-hybridized carbons (Fsp3) is 0.800. The van der Waals surface area contributed by atoms with Crippen molar-refractivity contribution >= 4 is 29.6 Å². The number of rotatable bonds is 12. The number of Topliss-reactive ketones (excluding diaryl/α,β-unsaturated/α-hetero) is 1. The van der Waals surface area contributed by atoms with Gasteiger partial charge in [-0.2, -0.15) is 8.78 Å². The fourth-order valence-electron chi connectivity index (χ4n) is 4.28. The second kappa shape index (κ2) is 13.6. The molecule has 40 heavy (non-hydrogen) atoms. The Hall–Kier alpha value is -2.97. The summed E-state index contributed by atoms with van der Waals surface area (Å²) in [5.41, 5.74) is -0.880. The van der Waals surface area contributed by atoms with Gasteiger partial charge in [0.25, 0.3) is 5.91 Å². The molecule has 4 atom stereocenters. The van der Waals surface area contributed by atoms with E-state index in [9.17, 15) is 41.5 Å². The van der Waals surface area contributed by atoms with Gasteiger partial charge in [-0.05, 0) is 38.0 Å². The van der Waals surface area contributed by atoms with Crippen molar-refractivity contribution in [1.82, 2.24) is 20.9 Å². The largest absolute Gasteiger partial charge is 0.453 e. The molecule has 0 aromatic carbocycles. The van der Waals surface area contributed by atoms with Gasteiger partial charge in [0.15, 0.2) is 0 Å². The summed E-state index contributed by atoms with van der Waals surface area (Å²) in [6.45, 7) is 2.17. The molecule has 2 rings (SSSR count). The minimum Gasteiger partial charge on any atom is -0.453 e. The summed E-state index contributed by atoms with van der Waals surface area (Å²) in [7, 11) is 1.10. The van der Waals surface area contributed by atoms with Crippen molar-refractivity contribution in [3.05, 3.63) is 0 Å². The molecule has 3 N–H and O–H groups in total. The van der Waals surface area contributed by atoms with Gasteiger partial charge in [-0.1, -0.05) is 20.8 Å². The summed E-state index contributed by atoms with van der Waals surface area (Å²) in [5.74, 6) is -7.14. The van der Waals surface area contributed by atoms with Crippen LogP contribution in [0.5, 0.6) is 0 Å². The Morgan fingerprint density at radius 2 is 1.62 bits per heavy atom. The Morgan fingerprint density at radius 1 is 1.00 bits per heavy atom. The highest BCUT2D eigenvalue weighted by molar-refractivity contribution is 6.38. The smallest absolute Gasteiger partial charge is 0.407 e. The van der Waals surface area contributed by atoms with E-state index in [1.165, 1.54) is 0 Å². The second-order valence-electron chi connectivity index (χ2n) is 11.3. The van der Waals surface area contributed by atoms with E-state index in [-0.39, 0.29) is 19.0 Å². The predicted octanol–water partition coefficient (Wildman–Crippen LogP) is 2.12. The number of carbonyl (C=O) groups is 5. The third-order valence-corrected chi connectivity index (χ3v) is 6.64. The molecular formula is C25H38F4N4O7. The van der Waals surface area contributed by atoms with E-state index in [4.69, 9.17) is 0 Å². The quantitative estimate of drug-likeness (QED) is 0.236. The van der Waals surface area contributed by atoms with Crippen molar-refractivity contribution in [2.24, 2.45) is 5.41 Å². The maximum atomic E-state index is 13.6. The molecule has 0 aromatic heterocycles. The van der Waals surface area contributed by atoms with Crippen LogP contribution in [-0.2, 0) is 28.7 Å². The minimum atomic E-state index is -3.21. The number of carbonyl (C=O) groups excluding carboxylic acids is 5. The lowest BCUT2D eigenvalue weighted by Crippen LogP contribution is -2.63. The highest BCUT2D eigenvalue weighted by Gasteiger charge is 2.44. The summed E-state index contributed by atoms with van der Waals surface area (Å²) >= 11 is 0. The SMILES string of the molecule is COC(=O)N[C@H](C(=O)N1CCC(OC(F)F)CC1C(=O)N[C@@H](CCC(C)(F)F)C(=O)C(=O)NC1CC1)C(C)(C)C. The van der Waals surface area contributed by atoms with Crippen LogP contribution in [0.15, 0.2) is 0 Å². The molecule has 228 valence electrons. The molecule has 11 nitrogen and oxygen atoms in total. The number of nitrogens with one attached hydrogen (secondary N) is 3. The number of nitrogens with zero attached hydrogens (tertiary/aromatic N) is 1. The zero-order chi connectivity index (χ0) is 30.4. The van der Waals surface area contributed by atoms with Crippen LogP contribution in [0.1, 0.15) is 66.2 Å². The molecule has 1 saturated carbocycles. The van der Waals surface area contributed by atoms with Gasteiger partial charge in [0.1, 0.15) is 12.1 Å². The van der Waals surface area contributed by atoms with Gasteiger partial charge in [0, 0.05) is 25.4 Å². The lowest BCUT2D eigenvalue weighted by Gasteiger charge is -2.42. The van der Waals surface area contributed by atoms with E-state index in [0.717, 1.165) is 12.0 Å². The van der Waals surface area contributed by atoms with Crippen molar-refractivity contribution in [2.75, 3.05) is 13.7 Å². The molecule has 0 spiro atoms. The molecular weight excluding hydrogens is 544 g/mol. The first-order chi connectivity index (χ1) is 18.4. The summed E-state index contributed by atoms with van der Waals surface area (Å²) < 4.78 is 62.4. The van der Waals surface area contributed by atoms with E-state index in [1.807, 2.05) is 0 Å². The topological polar surface area (TPSA) is 143 Å². The van der Waals surface area contributed by atoms with Gasteiger partial charge in [-0.25, -0.2) is 13.6 Å². The molecule has 0 radical (unpaired) electrons. The Kier molecular flexibility index (Phi) is 11.3. The summed E-state index contributed by atoms with van der Waals surface area (Å²) in [6.07, 6.45) is -2.64. The molecule has 1 saturated heterocycles. The average molecular weight is 583 g/mol. The molecule has 4 amide bonds. The van der Waals surface area contributed by atoms with Crippen LogP contribution in [0.3, 0.4) is 0 Å². The summed E-state index contributed by atoms with van der Waals surface area (Å²) in [4.78, 5) is 65.3. The van der Waals surface area contributed by atoms with Crippen LogP contribution >= 0.6 is 0 Å². The van der Waals surface area contributed by atoms with E-state index in [0.29, 0.717) is 19.8 Å². The zero-order valence-electron chi connectivity index (χ0n) is 23.2. The van der Waals surface area contributed by atoms with E-state index in [1.54, 1.807) is 20.8 Å². The van der Waals surface area contributed by atoms with E-state index < -0.39 is 91.0 Å². The number of ether oxygens (including phenoxy) is 2. The number of hydrogen-bond acceptors (Lipinski definition) is 7. The van der Waals surface area contributed by atoms with Crippen LogP contribution in [0.2, 0.25) is 0 Å². The Morgan fingerprint density at radius 3 is 2.12 bits per heavy atom. The third-order valence-electron chi connectivity index (χ3n) is 6.64. The first-order valence-electron chi connectivity index (χ1n) is 13.0.